The van der Waals surface area contributed by atoms with Crippen molar-refractivity contribution < 1.29 is 9.53 Å². The molecule has 1 N–H and O–H groups in total. The molecule has 1 heterocycles. The Labute approximate surface area is 120 Å². The average molecular weight is 283 g/mol. The fraction of sp³-hybridized carbons (Fsp3) is 0.667. The first kappa shape index (κ1) is 16.2. The third kappa shape index (κ3) is 4.96. The van der Waals surface area contributed by atoms with Crippen LogP contribution in [0.25, 0.3) is 0 Å². The lowest BCUT2D eigenvalue weighted by Crippen LogP contribution is -2.40. The molecule has 4 heteroatoms. The molecule has 19 heavy (non-hydrogen) atoms. The second-order valence-electron chi connectivity index (χ2n) is 6.01. The van der Waals surface area contributed by atoms with Gasteiger partial charge < -0.3 is 4.74 Å². The monoisotopic (exact) mass is 283 g/mol. The molecule has 0 aliphatic rings. The largest absolute Gasteiger partial charge is 0.459 e. The molecule has 1 aromatic rings. The molecule has 0 saturated carbocycles. The Morgan fingerprint density at radius 3 is 2.32 bits per heavy atom. The van der Waals surface area contributed by atoms with Crippen molar-refractivity contribution in [2.75, 3.05) is 0 Å². The summed E-state index contributed by atoms with van der Waals surface area (Å²) in [6.45, 7) is 13.8. The lowest BCUT2D eigenvalue weighted by atomic mass is 10.1. The number of aryl methyl sites for hydroxylation is 2. The van der Waals surface area contributed by atoms with Gasteiger partial charge in [0.1, 0.15) is 11.6 Å². The van der Waals surface area contributed by atoms with Crippen molar-refractivity contribution >= 4 is 17.3 Å². The summed E-state index contributed by atoms with van der Waals surface area (Å²) >= 11 is 1.79. The highest BCUT2D eigenvalue weighted by molar-refractivity contribution is 7.12. The first-order valence-electron chi connectivity index (χ1n) is 6.66. The van der Waals surface area contributed by atoms with Crippen LogP contribution in [-0.2, 0) is 9.53 Å². The molecule has 3 nitrogen and oxygen atoms in total. The molecule has 2 unspecified atom stereocenters. The average Bonchev–Trinajstić information content (AvgIpc) is 2.55. The minimum atomic E-state index is -0.439. The van der Waals surface area contributed by atoms with Gasteiger partial charge in [0, 0.05) is 15.8 Å². The van der Waals surface area contributed by atoms with Crippen LogP contribution < -0.4 is 5.32 Å². The summed E-state index contributed by atoms with van der Waals surface area (Å²) in [4.78, 5) is 14.5. The van der Waals surface area contributed by atoms with E-state index >= 15 is 0 Å². The number of nitrogens with one attached hydrogen (secondary N) is 1. The van der Waals surface area contributed by atoms with Crippen LogP contribution in [0.15, 0.2) is 6.07 Å². The first-order valence-corrected chi connectivity index (χ1v) is 7.47. The van der Waals surface area contributed by atoms with Gasteiger partial charge >= 0.3 is 5.97 Å². The molecule has 0 spiro atoms. The van der Waals surface area contributed by atoms with Crippen molar-refractivity contribution in [3.63, 3.8) is 0 Å². The third-order valence-electron chi connectivity index (χ3n) is 2.81. The zero-order chi connectivity index (χ0) is 14.8. The van der Waals surface area contributed by atoms with E-state index in [1.807, 2.05) is 27.7 Å². The highest BCUT2D eigenvalue weighted by Gasteiger charge is 2.23. The molecule has 0 aliphatic carbocycles. The summed E-state index contributed by atoms with van der Waals surface area (Å²) in [6, 6.07) is 2.01. The number of carbonyl (C=O) groups excluding carboxylic acids is 1. The van der Waals surface area contributed by atoms with Crippen LogP contribution in [0.5, 0.6) is 0 Å². The lowest BCUT2D eigenvalue weighted by Gasteiger charge is -2.24. The Bertz CT molecular complexity index is 445. The molecule has 0 radical (unpaired) electrons. The van der Waals surface area contributed by atoms with Crippen molar-refractivity contribution in [3.05, 3.63) is 21.4 Å². The zero-order valence-corrected chi connectivity index (χ0v) is 13.8. The fourth-order valence-electron chi connectivity index (χ4n) is 2.00. The van der Waals surface area contributed by atoms with E-state index in [0.29, 0.717) is 0 Å². The van der Waals surface area contributed by atoms with E-state index in [4.69, 9.17) is 4.74 Å². The number of ether oxygens (including phenoxy) is 1. The second-order valence-corrected chi connectivity index (χ2v) is 7.47. The fourth-order valence-corrected chi connectivity index (χ4v) is 3.03. The Kier molecular flexibility index (Phi) is 5.16. The topological polar surface area (TPSA) is 38.3 Å². The molecular weight excluding hydrogens is 258 g/mol. The Balaban J connectivity index is 2.64. The summed E-state index contributed by atoms with van der Waals surface area (Å²) in [5, 5.41) is 3.30. The smallest absolute Gasteiger partial charge is 0.323 e. The Morgan fingerprint density at radius 2 is 1.89 bits per heavy atom. The maximum atomic E-state index is 11.9. The van der Waals surface area contributed by atoms with Gasteiger partial charge in [-0.1, -0.05) is 0 Å². The standard InChI is InChI=1S/C15H25NO2S/c1-9-8-13(12(4)19-9)10(2)16-11(3)14(17)18-15(5,6)7/h8,10-11,16H,1-7H3. The van der Waals surface area contributed by atoms with Crippen LogP contribution in [0, 0.1) is 13.8 Å². The van der Waals surface area contributed by atoms with Crippen LogP contribution >= 0.6 is 11.3 Å². The van der Waals surface area contributed by atoms with Crippen molar-refractivity contribution in [2.24, 2.45) is 0 Å². The highest BCUT2D eigenvalue weighted by atomic mass is 32.1. The molecule has 2 atom stereocenters. The minimum absolute atomic E-state index is 0.146. The summed E-state index contributed by atoms with van der Waals surface area (Å²) in [6.07, 6.45) is 0. The molecule has 0 bridgehead atoms. The van der Waals surface area contributed by atoms with Crippen molar-refractivity contribution in [2.45, 2.75) is 66.2 Å². The van der Waals surface area contributed by atoms with Crippen LogP contribution in [-0.4, -0.2) is 17.6 Å². The molecule has 108 valence electrons. The van der Waals surface area contributed by atoms with E-state index in [1.165, 1.54) is 15.3 Å². The van der Waals surface area contributed by atoms with Crippen LogP contribution in [0.3, 0.4) is 0 Å². The van der Waals surface area contributed by atoms with Gasteiger partial charge in [-0.05, 0) is 60.1 Å². The van der Waals surface area contributed by atoms with E-state index in [1.54, 1.807) is 11.3 Å². The predicted molar refractivity (Wildman–Crippen MR) is 80.7 cm³/mol. The quantitative estimate of drug-likeness (QED) is 0.855. The summed E-state index contributed by atoms with van der Waals surface area (Å²) in [7, 11) is 0. The molecule has 0 aliphatic heterocycles. The van der Waals surface area contributed by atoms with E-state index in [-0.39, 0.29) is 18.1 Å². The van der Waals surface area contributed by atoms with Crippen LogP contribution in [0.2, 0.25) is 0 Å². The maximum Gasteiger partial charge on any atom is 0.323 e. The zero-order valence-electron chi connectivity index (χ0n) is 13.0. The minimum Gasteiger partial charge on any atom is -0.459 e. The van der Waals surface area contributed by atoms with Crippen LogP contribution in [0.4, 0.5) is 0 Å². The maximum absolute atomic E-state index is 11.9. The molecule has 0 fully saturated rings. The Morgan fingerprint density at radius 1 is 1.32 bits per heavy atom. The van der Waals surface area contributed by atoms with Gasteiger partial charge in [0.2, 0.25) is 0 Å². The number of esters is 1. The third-order valence-corrected chi connectivity index (χ3v) is 3.79. The predicted octanol–water partition coefficient (Wildman–Crippen LogP) is 3.75. The van der Waals surface area contributed by atoms with Gasteiger partial charge in [-0.25, -0.2) is 0 Å². The van der Waals surface area contributed by atoms with Crippen molar-refractivity contribution in [3.8, 4) is 0 Å². The van der Waals surface area contributed by atoms with Gasteiger partial charge in [-0.15, -0.1) is 11.3 Å². The number of hydrogen-bond donors (Lipinski definition) is 1. The van der Waals surface area contributed by atoms with E-state index in [2.05, 4.69) is 32.2 Å². The number of carbonyl (C=O) groups is 1. The van der Waals surface area contributed by atoms with Gasteiger partial charge in [0.05, 0.1) is 0 Å². The number of thiophene rings is 1. The van der Waals surface area contributed by atoms with E-state index in [0.717, 1.165) is 0 Å². The van der Waals surface area contributed by atoms with Crippen LogP contribution in [0.1, 0.15) is 56.0 Å². The Hall–Kier alpha value is -0.870. The lowest BCUT2D eigenvalue weighted by molar-refractivity contribution is -0.157. The molecule has 1 aromatic heterocycles. The molecule has 0 amide bonds. The normalized spacial score (nSPS) is 15.1. The van der Waals surface area contributed by atoms with Gasteiger partial charge in [0.15, 0.2) is 0 Å². The summed E-state index contributed by atoms with van der Waals surface area (Å²) in [5.41, 5.74) is 0.823. The van der Waals surface area contributed by atoms with Gasteiger partial charge in [-0.2, -0.15) is 0 Å². The highest BCUT2D eigenvalue weighted by Crippen LogP contribution is 2.26. The van der Waals surface area contributed by atoms with Gasteiger partial charge in [-0.3, -0.25) is 10.1 Å². The SMILES string of the molecule is Cc1cc(C(C)NC(C)C(=O)OC(C)(C)C)c(C)s1. The number of hydrogen-bond acceptors (Lipinski definition) is 4. The second kappa shape index (κ2) is 6.06. The van der Waals surface area contributed by atoms with Crippen molar-refractivity contribution in [1.82, 2.24) is 5.32 Å². The summed E-state index contributed by atoms with van der Waals surface area (Å²) in [5.74, 6) is -0.205. The first-order chi connectivity index (χ1) is 8.60. The van der Waals surface area contributed by atoms with Crippen molar-refractivity contribution in [1.29, 1.82) is 0 Å². The molecule has 1 rings (SSSR count). The summed E-state index contributed by atoms with van der Waals surface area (Å²) < 4.78 is 5.37. The molecule has 0 aromatic carbocycles. The van der Waals surface area contributed by atoms with E-state index < -0.39 is 5.60 Å². The van der Waals surface area contributed by atoms with E-state index in [9.17, 15) is 4.79 Å². The molecular formula is C15H25NO2S. The van der Waals surface area contributed by atoms with Gasteiger partial charge in [0.25, 0.3) is 0 Å². The number of rotatable bonds is 4. The molecule has 0 saturated heterocycles.